The summed E-state index contributed by atoms with van der Waals surface area (Å²) in [5.41, 5.74) is 3.61. The number of hydrogen-bond donors (Lipinski definition) is 1. The Bertz CT molecular complexity index is 1420. The summed E-state index contributed by atoms with van der Waals surface area (Å²) in [4.78, 5) is 43.2. The van der Waals surface area contributed by atoms with E-state index >= 15 is 0 Å². The van der Waals surface area contributed by atoms with Crippen LogP contribution >= 0.6 is 11.3 Å². The number of hydrogen-bond acceptors (Lipinski definition) is 8. The molecule has 36 heavy (non-hydrogen) atoms. The number of amides is 1. The molecular weight excluding hydrogens is 480 g/mol. The Balaban J connectivity index is 1.32. The Morgan fingerprint density at radius 1 is 1.08 bits per heavy atom. The van der Waals surface area contributed by atoms with E-state index in [9.17, 15) is 14.4 Å². The molecular formula is C27H24N2O6S. The van der Waals surface area contributed by atoms with Gasteiger partial charge in [-0.3, -0.25) is 4.79 Å². The van der Waals surface area contributed by atoms with Crippen LogP contribution in [0.3, 0.4) is 0 Å². The number of esters is 2. The zero-order valence-corrected chi connectivity index (χ0v) is 20.4. The van der Waals surface area contributed by atoms with E-state index in [4.69, 9.17) is 13.9 Å². The first-order chi connectivity index (χ1) is 17.5. The van der Waals surface area contributed by atoms with Crippen LogP contribution in [-0.4, -0.2) is 36.0 Å². The topological polar surface area (TPSA) is 108 Å². The van der Waals surface area contributed by atoms with Gasteiger partial charge in [0.25, 0.3) is 5.91 Å². The lowest BCUT2D eigenvalue weighted by Crippen LogP contribution is -2.22. The highest BCUT2D eigenvalue weighted by Gasteiger charge is 2.31. The maximum Gasteiger partial charge on any atom is 0.341 e. The van der Waals surface area contributed by atoms with E-state index < -0.39 is 24.5 Å². The van der Waals surface area contributed by atoms with E-state index in [0.29, 0.717) is 34.0 Å². The highest BCUT2D eigenvalue weighted by atomic mass is 32.1. The first-order valence-corrected chi connectivity index (χ1v) is 12.5. The van der Waals surface area contributed by atoms with E-state index in [1.165, 1.54) is 23.3 Å². The zero-order chi connectivity index (χ0) is 25.1. The number of rotatable bonds is 7. The first-order valence-electron chi connectivity index (χ1n) is 11.7. The van der Waals surface area contributed by atoms with Crippen LogP contribution in [0.5, 0.6) is 0 Å². The van der Waals surface area contributed by atoms with E-state index in [1.807, 2.05) is 18.2 Å². The predicted molar refractivity (Wildman–Crippen MR) is 134 cm³/mol. The highest BCUT2D eigenvalue weighted by Crippen LogP contribution is 2.42. The number of carbonyl (C=O) groups excluding carboxylic acids is 3. The van der Waals surface area contributed by atoms with Crippen molar-refractivity contribution in [3.63, 3.8) is 0 Å². The third-order valence-corrected chi connectivity index (χ3v) is 7.35. The molecule has 0 saturated carbocycles. The summed E-state index contributed by atoms with van der Waals surface area (Å²) < 4.78 is 15.7. The van der Waals surface area contributed by atoms with Crippen LogP contribution in [0.25, 0.3) is 11.1 Å². The molecule has 2 aromatic carbocycles. The standard InChI is InChI=1S/C27H24N2O6S/c1-2-33-27(32)23-18-12-11-17(16-7-4-3-5-8-16)13-21(18)36-25(23)29-22(30)14-34-26(31)19-9-6-10-20-24(19)28-15-35-20/h3-10,15,17H,2,11-14H2,1H3,(H,29,30). The molecule has 8 nitrogen and oxygen atoms in total. The number of ether oxygens (including phenoxy) is 2. The van der Waals surface area contributed by atoms with Gasteiger partial charge in [0.2, 0.25) is 0 Å². The van der Waals surface area contributed by atoms with Gasteiger partial charge in [0.05, 0.1) is 17.7 Å². The number of fused-ring (bicyclic) bond motifs is 2. The average molecular weight is 505 g/mol. The summed E-state index contributed by atoms with van der Waals surface area (Å²) in [6.07, 6.45) is 3.64. The Morgan fingerprint density at radius 3 is 2.72 bits per heavy atom. The maximum atomic E-state index is 12.8. The number of thiophene rings is 1. The highest BCUT2D eigenvalue weighted by molar-refractivity contribution is 7.17. The van der Waals surface area contributed by atoms with Crippen molar-refractivity contribution < 1.29 is 28.3 Å². The van der Waals surface area contributed by atoms with Crippen LogP contribution < -0.4 is 5.32 Å². The minimum Gasteiger partial charge on any atom is -0.462 e. The normalized spacial score (nSPS) is 14.8. The van der Waals surface area contributed by atoms with Gasteiger partial charge in [-0.1, -0.05) is 36.4 Å². The minimum absolute atomic E-state index is 0.208. The lowest BCUT2D eigenvalue weighted by atomic mass is 9.83. The molecule has 4 aromatic rings. The molecule has 184 valence electrons. The molecule has 1 unspecified atom stereocenters. The Hall–Kier alpha value is -3.98. The summed E-state index contributed by atoms with van der Waals surface area (Å²) in [5, 5.41) is 3.19. The molecule has 0 aliphatic heterocycles. The summed E-state index contributed by atoms with van der Waals surface area (Å²) in [6.45, 7) is 1.47. The Kier molecular flexibility index (Phi) is 6.81. The van der Waals surface area contributed by atoms with Gasteiger partial charge in [0.15, 0.2) is 18.6 Å². The molecule has 1 N–H and O–H groups in total. The third-order valence-electron chi connectivity index (χ3n) is 6.18. The van der Waals surface area contributed by atoms with E-state index in [2.05, 4.69) is 22.4 Å². The second kappa shape index (κ2) is 10.3. The summed E-state index contributed by atoms with van der Waals surface area (Å²) in [7, 11) is 0. The summed E-state index contributed by atoms with van der Waals surface area (Å²) in [6, 6.07) is 15.2. The van der Waals surface area contributed by atoms with Gasteiger partial charge in [-0.05, 0) is 55.4 Å². The third kappa shape index (κ3) is 4.74. The molecule has 9 heteroatoms. The van der Waals surface area contributed by atoms with Crippen molar-refractivity contribution in [2.45, 2.75) is 32.1 Å². The number of aromatic nitrogens is 1. The molecule has 0 bridgehead atoms. The van der Waals surface area contributed by atoms with Gasteiger partial charge in [-0.25, -0.2) is 14.6 Å². The predicted octanol–water partition coefficient (Wildman–Crippen LogP) is 5.13. The molecule has 1 amide bonds. The number of carbonyl (C=O) groups is 3. The molecule has 2 aromatic heterocycles. The molecule has 1 aliphatic carbocycles. The number of oxazole rings is 1. The quantitative estimate of drug-likeness (QED) is 0.348. The lowest BCUT2D eigenvalue weighted by Gasteiger charge is -2.23. The average Bonchev–Trinajstić information content (AvgIpc) is 3.51. The van der Waals surface area contributed by atoms with Gasteiger partial charge in [-0.15, -0.1) is 11.3 Å². The van der Waals surface area contributed by atoms with Crippen LogP contribution in [0, 0.1) is 0 Å². The van der Waals surface area contributed by atoms with Crippen molar-refractivity contribution in [1.29, 1.82) is 0 Å². The van der Waals surface area contributed by atoms with Crippen LogP contribution in [0.4, 0.5) is 5.00 Å². The van der Waals surface area contributed by atoms with Gasteiger partial charge in [-0.2, -0.15) is 0 Å². The van der Waals surface area contributed by atoms with Crippen molar-refractivity contribution in [3.05, 3.63) is 82.1 Å². The summed E-state index contributed by atoms with van der Waals surface area (Å²) >= 11 is 1.38. The first kappa shape index (κ1) is 23.7. The molecule has 0 radical (unpaired) electrons. The lowest BCUT2D eigenvalue weighted by molar-refractivity contribution is -0.119. The zero-order valence-electron chi connectivity index (χ0n) is 19.6. The monoisotopic (exact) mass is 504 g/mol. The molecule has 0 spiro atoms. The van der Waals surface area contributed by atoms with Crippen LogP contribution in [0.2, 0.25) is 0 Å². The molecule has 1 aliphatic rings. The molecule has 1 atom stereocenters. The second-order valence-corrected chi connectivity index (χ2v) is 9.51. The minimum atomic E-state index is -0.688. The smallest absolute Gasteiger partial charge is 0.341 e. The fourth-order valence-corrected chi connectivity index (χ4v) is 5.86. The molecule has 0 fully saturated rings. The fourth-order valence-electron chi connectivity index (χ4n) is 4.53. The van der Waals surface area contributed by atoms with Gasteiger partial charge < -0.3 is 19.2 Å². The number of anilines is 1. The van der Waals surface area contributed by atoms with Gasteiger partial charge in [0, 0.05) is 4.88 Å². The van der Waals surface area contributed by atoms with Crippen LogP contribution in [0.15, 0.2) is 59.3 Å². The van der Waals surface area contributed by atoms with E-state index in [1.54, 1.807) is 25.1 Å². The van der Waals surface area contributed by atoms with Crippen molar-refractivity contribution in [2.75, 3.05) is 18.5 Å². The second-order valence-electron chi connectivity index (χ2n) is 8.41. The van der Waals surface area contributed by atoms with Gasteiger partial charge in [0.1, 0.15) is 10.5 Å². The largest absolute Gasteiger partial charge is 0.462 e. The Morgan fingerprint density at radius 2 is 1.92 bits per heavy atom. The number of para-hydroxylation sites is 1. The van der Waals surface area contributed by atoms with Crippen molar-refractivity contribution in [2.24, 2.45) is 0 Å². The molecule has 5 rings (SSSR count). The van der Waals surface area contributed by atoms with Gasteiger partial charge >= 0.3 is 11.9 Å². The number of nitrogens with zero attached hydrogens (tertiary/aromatic N) is 1. The van der Waals surface area contributed by atoms with Crippen LogP contribution in [0.1, 0.15) is 56.0 Å². The van der Waals surface area contributed by atoms with E-state index in [-0.39, 0.29) is 12.2 Å². The maximum absolute atomic E-state index is 12.8. The van der Waals surface area contributed by atoms with Crippen molar-refractivity contribution >= 4 is 45.3 Å². The molecule has 2 heterocycles. The van der Waals surface area contributed by atoms with Crippen molar-refractivity contribution in [3.8, 4) is 0 Å². The number of nitrogens with one attached hydrogen (secondary N) is 1. The number of benzene rings is 2. The molecule has 0 saturated heterocycles. The Labute approximate surface area is 211 Å². The summed E-state index contributed by atoms with van der Waals surface area (Å²) in [5.74, 6) is -1.35. The van der Waals surface area contributed by atoms with E-state index in [0.717, 1.165) is 23.3 Å². The van der Waals surface area contributed by atoms with Crippen molar-refractivity contribution in [1.82, 2.24) is 4.98 Å². The van der Waals surface area contributed by atoms with Crippen LogP contribution in [-0.2, 0) is 27.1 Å². The fraction of sp³-hybridized carbons (Fsp3) is 0.259. The SMILES string of the molecule is CCOC(=O)c1c(NC(=O)COC(=O)c2cccc3ocnc23)sc2c1CCC(c1ccccc1)C2.